The summed E-state index contributed by atoms with van der Waals surface area (Å²) in [6, 6.07) is 13.3. The number of rotatable bonds is 3. The van der Waals surface area contributed by atoms with E-state index < -0.39 is 11.9 Å². The topological polar surface area (TPSA) is 63.4 Å². The summed E-state index contributed by atoms with van der Waals surface area (Å²) in [4.78, 5) is 26.0. The van der Waals surface area contributed by atoms with E-state index in [0.29, 0.717) is 18.5 Å². The number of amides is 2. The maximum atomic E-state index is 13.0. The van der Waals surface area contributed by atoms with Gasteiger partial charge in [-0.15, -0.1) is 0 Å². The second-order valence-electron chi connectivity index (χ2n) is 5.57. The number of carbonyl (C=O) groups excluding carboxylic acids is 2. The third-order valence-corrected chi connectivity index (χ3v) is 4.07. The van der Waals surface area contributed by atoms with Crippen molar-refractivity contribution in [3.05, 3.63) is 71.0 Å². The third-order valence-electron chi connectivity index (χ3n) is 4.07. The number of halogens is 1. The Morgan fingerprint density at radius 3 is 2.70 bits per heavy atom. The molecule has 2 aromatic rings. The van der Waals surface area contributed by atoms with Gasteiger partial charge in [-0.2, -0.15) is 0 Å². The molecule has 3 rings (SSSR count). The van der Waals surface area contributed by atoms with E-state index in [-0.39, 0.29) is 18.1 Å². The standard InChI is InChI=1S/C18H16FN2O2/c19-14-7-5-12(6-8-14)11-16(22)21-10-9-13-3-1-2-4-15(13)17(21)18(20)23/h2-8,17H,9-11H2,(H2,20,23). The average molecular weight is 311 g/mol. The molecule has 5 heteroatoms. The highest BCUT2D eigenvalue weighted by molar-refractivity contribution is 5.89. The summed E-state index contributed by atoms with van der Waals surface area (Å²) in [5.41, 5.74) is 7.98. The predicted octanol–water partition coefficient (Wildman–Crippen LogP) is 1.78. The van der Waals surface area contributed by atoms with E-state index >= 15 is 0 Å². The van der Waals surface area contributed by atoms with Gasteiger partial charge >= 0.3 is 0 Å². The van der Waals surface area contributed by atoms with Gasteiger partial charge in [-0.1, -0.05) is 30.3 Å². The van der Waals surface area contributed by atoms with Crippen molar-refractivity contribution in [3.63, 3.8) is 0 Å². The lowest BCUT2D eigenvalue weighted by Crippen LogP contribution is -2.46. The van der Waals surface area contributed by atoms with Gasteiger partial charge in [0.15, 0.2) is 0 Å². The normalized spacial score (nSPS) is 16.7. The Kier molecular flexibility index (Phi) is 4.10. The number of benzene rings is 2. The number of hydrogen-bond donors (Lipinski definition) is 1. The molecular weight excluding hydrogens is 295 g/mol. The van der Waals surface area contributed by atoms with Crippen molar-refractivity contribution >= 4 is 11.8 Å². The van der Waals surface area contributed by atoms with Gasteiger partial charge in [0.05, 0.1) is 6.42 Å². The minimum atomic E-state index is -0.763. The summed E-state index contributed by atoms with van der Waals surface area (Å²) in [5.74, 6) is -1.09. The van der Waals surface area contributed by atoms with Crippen molar-refractivity contribution in [3.8, 4) is 0 Å². The second-order valence-corrected chi connectivity index (χ2v) is 5.57. The summed E-state index contributed by atoms with van der Waals surface area (Å²) in [6.45, 7) is 0.429. The van der Waals surface area contributed by atoms with Crippen molar-refractivity contribution in [2.45, 2.75) is 18.9 Å². The van der Waals surface area contributed by atoms with Gasteiger partial charge in [0.1, 0.15) is 11.9 Å². The zero-order valence-corrected chi connectivity index (χ0v) is 12.5. The molecule has 117 valence electrons. The molecule has 2 N–H and O–H groups in total. The molecule has 1 aliphatic rings. The zero-order valence-electron chi connectivity index (χ0n) is 12.5. The largest absolute Gasteiger partial charge is 0.368 e. The first-order valence-electron chi connectivity index (χ1n) is 7.38. The van der Waals surface area contributed by atoms with E-state index in [1.54, 1.807) is 24.3 Å². The number of nitrogens with two attached hydrogens (primary N) is 1. The van der Waals surface area contributed by atoms with Crippen LogP contribution in [0.3, 0.4) is 0 Å². The Bertz CT molecular complexity index is 743. The number of carbonyl (C=O) groups is 2. The molecule has 1 aliphatic heterocycles. The molecule has 1 unspecified atom stereocenters. The second kappa shape index (κ2) is 6.20. The van der Waals surface area contributed by atoms with Gasteiger partial charge in [0, 0.05) is 6.54 Å². The van der Waals surface area contributed by atoms with Crippen LogP contribution >= 0.6 is 0 Å². The summed E-state index contributed by atoms with van der Waals surface area (Å²) >= 11 is 0. The maximum absolute atomic E-state index is 13.0. The SMILES string of the molecule is NC(=O)C1c2cc[c]cc2CCN1C(=O)Cc1ccc(F)cc1. The molecule has 0 saturated heterocycles. The van der Waals surface area contributed by atoms with Crippen LogP contribution in [0.5, 0.6) is 0 Å². The van der Waals surface area contributed by atoms with Crippen LogP contribution in [0.4, 0.5) is 4.39 Å². The Morgan fingerprint density at radius 2 is 2.00 bits per heavy atom. The summed E-state index contributed by atoms with van der Waals surface area (Å²) in [6.07, 6.45) is 0.768. The molecule has 2 aromatic carbocycles. The minimum absolute atomic E-state index is 0.109. The molecule has 1 atom stereocenters. The number of fused-ring (bicyclic) bond motifs is 1. The lowest BCUT2D eigenvalue weighted by Gasteiger charge is -2.35. The molecule has 0 bridgehead atoms. The Hall–Kier alpha value is -2.69. The fraction of sp³-hybridized carbons (Fsp3) is 0.222. The van der Waals surface area contributed by atoms with Crippen LogP contribution in [0, 0.1) is 11.9 Å². The molecule has 0 fully saturated rings. The third kappa shape index (κ3) is 3.08. The molecule has 1 heterocycles. The summed E-state index contributed by atoms with van der Waals surface area (Å²) < 4.78 is 13.0. The van der Waals surface area contributed by atoms with Gasteiger partial charge in [-0.3, -0.25) is 9.59 Å². The first-order chi connectivity index (χ1) is 11.1. The molecular formula is C18H16FN2O2. The van der Waals surface area contributed by atoms with Crippen molar-refractivity contribution in [1.29, 1.82) is 0 Å². The van der Waals surface area contributed by atoms with Crippen LogP contribution in [-0.4, -0.2) is 23.3 Å². The van der Waals surface area contributed by atoms with Gasteiger partial charge < -0.3 is 10.6 Å². The molecule has 0 aromatic heterocycles. The molecule has 4 nitrogen and oxygen atoms in total. The summed E-state index contributed by atoms with van der Waals surface area (Å²) in [7, 11) is 0. The highest BCUT2D eigenvalue weighted by Gasteiger charge is 2.34. The van der Waals surface area contributed by atoms with E-state index in [9.17, 15) is 14.0 Å². The van der Waals surface area contributed by atoms with Gasteiger partial charge in [0.25, 0.3) is 0 Å². The summed E-state index contributed by atoms with van der Waals surface area (Å²) in [5, 5.41) is 0. The smallest absolute Gasteiger partial charge is 0.244 e. The molecule has 2 amide bonds. The fourth-order valence-electron chi connectivity index (χ4n) is 2.95. The number of nitrogens with zero attached hydrogens (tertiary/aromatic N) is 1. The van der Waals surface area contributed by atoms with Crippen LogP contribution in [0.2, 0.25) is 0 Å². The lowest BCUT2D eigenvalue weighted by molar-refractivity contribution is -0.139. The van der Waals surface area contributed by atoms with Crippen molar-refractivity contribution < 1.29 is 14.0 Å². The van der Waals surface area contributed by atoms with Crippen molar-refractivity contribution in [1.82, 2.24) is 4.90 Å². The Labute approximate surface area is 133 Å². The van der Waals surface area contributed by atoms with Gasteiger partial charge in [-0.05, 0) is 41.3 Å². The van der Waals surface area contributed by atoms with Crippen LogP contribution in [0.25, 0.3) is 0 Å². The quantitative estimate of drug-likeness (QED) is 0.939. The first-order valence-corrected chi connectivity index (χ1v) is 7.38. The Balaban J connectivity index is 1.85. The predicted molar refractivity (Wildman–Crippen MR) is 82.7 cm³/mol. The monoisotopic (exact) mass is 311 g/mol. The molecule has 1 radical (unpaired) electrons. The average Bonchev–Trinajstić information content (AvgIpc) is 2.55. The van der Waals surface area contributed by atoms with Crippen LogP contribution < -0.4 is 5.73 Å². The number of primary amides is 1. The molecule has 0 saturated carbocycles. The van der Waals surface area contributed by atoms with Crippen molar-refractivity contribution in [2.75, 3.05) is 6.54 Å². The first kappa shape index (κ1) is 15.2. The molecule has 0 aliphatic carbocycles. The van der Waals surface area contributed by atoms with Crippen LogP contribution in [-0.2, 0) is 22.4 Å². The zero-order chi connectivity index (χ0) is 16.4. The molecule has 23 heavy (non-hydrogen) atoms. The van der Waals surface area contributed by atoms with E-state index in [1.807, 2.05) is 6.07 Å². The van der Waals surface area contributed by atoms with Crippen molar-refractivity contribution in [2.24, 2.45) is 5.73 Å². The highest BCUT2D eigenvalue weighted by atomic mass is 19.1. The van der Waals surface area contributed by atoms with Crippen LogP contribution in [0.1, 0.15) is 22.7 Å². The van der Waals surface area contributed by atoms with Gasteiger partial charge in [-0.25, -0.2) is 4.39 Å². The van der Waals surface area contributed by atoms with Crippen LogP contribution in [0.15, 0.2) is 42.5 Å². The highest BCUT2D eigenvalue weighted by Crippen LogP contribution is 2.29. The van der Waals surface area contributed by atoms with E-state index in [2.05, 4.69) is 6.07 Å². The van der Waals surface area contributed by atoms with E-state index in [4.69, 9.17) is 5.73 Å². The Morgan fingerprint density at radius 1 is 1.26 bits per heavy atom. The maximum Gasteiger partial charge on any atom is 0.244 e. The molecule has 0 spiro atoms. The van der Waals surface area contributed by atoms with E-state index in [0.717, 1.165) is 11.1 Å². The van der Waals surface area contributed by atoms with E-state index in [1.165, 1.54) is 17.0 Å². The fourth-order valence-corrected chi connectivity index (χ4v) is 2.95. The lowest BCUT2D eigenvalue weighted by atomic mass is 9.91. The number of hydrogen-bond acceptors (Lipinski definition) is 2. The van der Waals surface area contributed by atoms with Gasteiger partial charge in [0.2, 0.25) is 11.8 Å². The minimum Gasteiger partial charge on any atom is -0.368 e.